The molecule has 1 heterocycles. The molecule has 1 aliphatic rings. The monoisotopic (exact) mass is 285 g/mol. The fourth-order valence-electron chi connectivity index (χ4n) is 2.90. The summed E-state index contributed by atoms with van der Waals surface area (Å²) < 4.78 is 0. The van der Waals surface area contributed by atoms with Gasteiger partial charge in [0.1, 0.15) is 0 Å². The topological polar surface area (TPSA) is 3.24 Å². The van der Waals surface area contributed by atoms with Crippen LogP contribution in [-0.2, 0) is 6.54 Å². The molecule has 0 aliphatic carbocycles. The molecule has 3 rings (SSSR count). The van der Waals surface area contributed by atoms with E-state index < -0.39 is 0 Å². The number of aryl methyl sites for hydroxylation is 1. The van der Waals surface area contributed by atoms with E-state index in [0.29, 0.717) is 0 Å². The molecule has 2 aromatic rings. The zero-order chi connectivity index (χ0) is 13.9. The van der Waals surface area contributed by atoms with Crippen molar-refractivity contribution in [2.75, 3.05) is 13.1 Å². The largest absolute Gasteiger partial charge is 0.299 e. The van der Waals surface area contributed by atoms with E-state index in [0.717, 1.165) is 17.1 Å². The summed E-state index contributed by atoms with van der Waals surface area (Å²) in [5.74, 6) is 0. The van der Waals surface area contributed by atoms with E-state index in [1.165, 1.54) is 42.6 Å². The molecule has 0 amide bonds. The Morgan fingerprint density at radius 1 is 1.05 bits per heavy atom. The summed E-state index contributed by atoms with van der Waals surface area (Å²) in [6.07, 6.45) is 2.66. The molecule has 0 aromatic heterocycles. The van der Waals surface area contributed by atoms with Crippen molar-refractivity contribution in [3.8, 4) is 11.1 Å². The number of rotatable bonds is 3. The van der Waals surface area contributed by atoms with Crippen molar-refractivity contribution in [1.82, 2.24) is 4.90 Å². The number of nitrogens with zero attached hydrogens (tertiary/aromatic N) is 1. The number of hydrogen-bond acceptors (Lipinski definition) is 1. The summed E-state index contributed by atoms with van der Waals surface area (Å²) in [5.41, 5.74) is 4.97. The lowest BCUT2D eigenvalue weighted by atomic mass is 10.0. The van der Waals surface area contributed by atoms with Crippen molar-refractivity contribution >= 4 is 11.6 Å². The van der Waals surface area contributed by atoms with Crippen molar-refractivity contribution in [1.29, 1.82) is 0 Å². The molecule has 0 saturated carbocycles. The molecule has 1 fully saturated rings. The minimum absolute atomic E-state index is 0.834. The van der Waals surface area contributed by atoms with Crippen molar-refractivity contribution < 1.29 is 0 Å². The molecule has 2 heteroatoms. The second kappa shape index (κ2) is 5.99. The van der Waals surface area contributed by atoms with Crippen molar-refractivity contribution in [3.05, 3.63) is 58.6 Å². The second-order valence-electron chi connectivity index (χ2n) is 5.67. The maximum absolute atomic E-state index is 6.39. The number of hydrogen-bond donors (Lipinski definition) is 0. The molecule has 0 atom stereocenters. The maximum atomic E-state index is 6.39. The minimum Gasteiger partial charge on any atom is -0.299 e. The third-order valence-corrected chi connectivity index (χ3v) is 4.29. The van der Waals surface area contributed by atoms with Gasteiger partial charge in [-0.05, 0) is 56.1 Å². The third kappa shape index (κ3) is 3.05. The van der Waals surface area contributed by atoms with Gasteiger partial charge in [0.05, 0.1) is 0 Å². The van der Waals surface area contributed by atoms with Crippen LogP contribution in [-0.4, -0.2) is 18.0 Å². The molecule has 0 radical (unpaired) electrons. The van der Waals surface area contributed by atoms with E-state index in [1.54, 1.807) is 0 Å². The summed E-state index contributed by atoms with van der Waals surface area (Å²) in [4.78, 5) is 2.52. The van der Waals surface area contributed by atoms with E-state index in [2.05, 4.69) is 48.2 Å². The average Bonchev–Trinajstić information content (AvgIpc) is 2.94. The normalized spacial score (nSPS) is 15.7. The first-order chi connectivity index (χ1) is 9.72. The summed E-state index contributed by atoms with van der Waals surface area (Å²) >= 11 is 6.39. The lowest BCUT2D eigenvalue weighted by Gasteiger charge is -2.16. The zero-order valence-corrected chi connectivity index (χ0v) is 12.7. The first-order valence-electron chi connectivity index (χ1n) is 7.30. The Morgan fingerprint density at radius 3 is 2.60 bits per heavy atom. The van der Waals surface area contributed by atoms with Gasteiger partial charge in [0, 0.05) is 17.1 Å². The van der Waals surface area contributed by atoms with E-state index in [-0.39, 0.29) is 0 Å². The standard InChI is InChI=1S/C18H20ClN/c1-14-5-4-6-16(11-14)17-12-15(7-8-18(17)19)13-20-9-2-3-10-20/h4-8,11-12H,2-3,9-10,13H2,1H3. The van der Waals surface area contributed by atoms with Gasteiger partial charge < -0.3 is 0 Å². The maximum Gasteiger partial charge on any atom is 0.0484 e. The molecule has 2 aromatic carbocycles. The van der Waals surface area contributed by atoms with Gasteiger partial charge in [-0.2, -0.15) is 0 Å². The van der Waals surface area contributed by atoms with Crippen LogP contribution < -0.4 is 0 Å². The predicted molar refractivity (Wildman–Crippen MR) is 86.1 cm³/mol. The highest BCUT2D eigenvalue weighted by Gasteiger charge is 2.13. The fourth-order valence-corrected chi connectivity index (χ4v) is 3.13. The Morgan fingerprint density at radius 2 is 1.85 bits per heavy atom. The molecular formula is C18H20ClN. The smallest absolute Gasteiger partial charge is 0.0484 e. The fraction of sp³-hybridized carbons (Fsp3) is 0.333. The molecule has 0 unspecified atom stereocenters. The first-order valence-corrected chi connectivity index (χ1v) is 7.68. The van der Waals surface area contributed by atoms with Gasteiger partial charge in [-0.1, -0.05) is 47.5 Å². The van der Waals surface area contributed by atoms with Gasteiger partial charge in [-0.25, -0.2) is 0 Å². The highest BCUT2D eigenvalue weighted by atomic mass is 35.5. The van der Waals surface area contributed by atoms with Crippen LogP contribution >= 0.6 is 11.6 Å². The van der Waals surface area contributed by atoms with E-state index in [4.69, 9.17) is 11.6 Å². The van der Waals surface area contributed by atoms with Crippen LogP contribution in [0.25, 0.3) is 11.1 Å². The van der Waals surface area contributed by atoms with Gasteiger partial charge in [0.25, 0.3) is 0 Å². The lowest BCUT2D eigenvalue weighted by molar-refractivity contribution is 0.331. The van der Waals surface area contributed by atoms with Gasteiger partial charge in [0.15, 0.2) is 0 Å². The van der Waals surface area contributed by atoms with E-state index >= 15 is 0 Å². The van der Waals surface area contributed by atoms with E-state index in [1.807, 2.05) is 6.07 Å². The Bertz CT molecular complexity index is 600. The quantitative estimate of drug-likeness (QED) is 0.774. The van der Waals surface area contributed by atoms with Crippen LogP contribution in [0.4, 0.5) is 0 Å². The molecule has 0 bridgehead atoms. The van der Waals surface area contributed by atoms with Crippen LogP contribution in [0.15, 0.2) is 42.5 Å². The summed E-state index contributed by atoms with van der Waals surface area (Å²) in [6.45, 7) is 5.60. The van der Waals surface area contributed by atoms with Gasteiger partial charge >= 0.3 is 0 Å². The Hall–Kier alpha value is -1.31. The van der Waals surface area contributed by atoms with E-state index in [9.17, 15) is 0 Å². The Labute approximate surface area is 126 Å². The molecule has 1 aliphatic heterocycles. The number of halogens is 1. The van der Waals surface area contributed by atoms with Crippen LogP contribution in [0.2, 0.25) is 5.02 Å². The van der Waals surface area contributed by atoms with Gasteiger partial charge in [-0.3, -0.25) is 4.90 Å². The highest BCUT2D eigenvalue weighted by Crippen LogP contribution is 2.30. The molecule has 20 heavy (non-hydrogen) atoms. The number of benzene rings is 2. The van der Waals surface area contributed by atoms with Crippen LogP contribution in [0.1, 0.15) is 24.0 Å². The minimum atomic E-state index is 0.834. The van der Waals surface area contributed by atoms with Crippen LogP contribution in [0.3, 0.4) is 0 Å². The van der Waals surface area contributed by atoms with Crippen molar-refractivity contribution in [2.24, 2.45) is 0 Å². The highest BCUT2D eigenvalue weighted by molar-refractivity contribution is 6.33. The Kier molecular flexibility index (Phi) is 4.09. The van der Waals surface area contributed by atoms with Crippen LogP contribution in [0.5, 0.6) is 0 Å². The average molecular weight is 286 g/mol. The predicted octanol–water partition coefficient (Wildman–Crippen LogP) is 4.91. The summed E-state index contributed by atoms with van der Waals surface area (Å²) in [7, 11) is 0. The molecule has 0 spiro atoms. The van der Waals surface area contributed by atoms with Crippen molar-refractivity contribution in [3.63, 3.8) is 0 Å². The first kappa shape index (κ1) is 13.7. The Balaban J connectivity index is 1.90. The number of likely N-dealkylation sites (tertiary alicyclic amines) is 1. The molecular weight excluding hydrogens is 266 g/mol. The van der Waals surface area contributed by atoms with Crippen LogP contribution in [0, 0.1) is 6.92 Å². The zero-order valence-electron chi connectivity index (χ0n) is 11.9. The van der Waals surface area contributed by atoms with Gasteiger partial charge in [0.2, 0.25) is 0 Å². The molecule has 0 N–H and O–H groups in total. The van der Waals surface area contributed by atoms with Crippen molar-refractivity contribution in [2.45, 2.75) is 26.3 Å². The second-order valence-corrected chi connectivity index (χ2v) is 6.07. The molecule has 104 valence electrons. The SMILES string of the molecule is Cc1cccc(-c2cc(CN3CCCC3)ccc2Cl)c1. The van der Waals surface area contributed by atoms with Gasteiger partial charge in [-0.15, -0.1) is 0 Å². The summed E-state index contributed by atoms with van der Waals surface area (Å²) in [6, 6.07) is 15.0. The molecule has 1 nitrogen and oxygen atoms in total. The summed E-state index contributed by atoms with van der Waals surface area (Å²) in [5, 5.41) is 0.834. The third-order valence-electron chi connectivity index (χ3n) is 3.96. The molecule has 1 saturated heterocycles. The lowest BCUT2D eigenvalue weighted by Crippen LogP contribution is -2.18.